The van der Waals surface area contributed by atoms with E-state index in [9.17, 15) is 9.59 Å². The van der Waals surface area contributed by atoms with E-state index in [-0.39, 0.29) is 22.6 Å². The predicted octanol–water partition coefficient (Wildman–Crippen LogP) is 5.14. The van der Waals surface area contributed by atoms with E-state index in [0.29, 0.717) is 47.4 Å². The molecule has 0 bridgehead atoms. The van der Waals surface area contributed by atoms with Crippen LogP contribution in [0.25, 0.3) is 0 Å². The van der Waals surface area contributed by atoms with Gasteiger partial charge in [0.2, 0.25) is 11.8 Å². The Labute approximate surface area is 197 Å². The lowest BCUT2D eigenvalue weighted by atomic mass is 9.47. The van der Waals surface area contributed by atoms with E-state index in [2.05, 4.69) is 31.3 Å². The molecule has 0 unspecified atom stereocenters. The molecule has 5 rings (SSSR count). The van der Waals surface area contributed by atoms with Crippen LogP contribution < -0.4 is 5.32 Å². The number of rotatable bonds is 3. The molecule has 1 N–H and O–H groups in total. The van der Waals surface area contributed by atoms with Crippen molar-refractivity contribution in [3.05, 3.63) is 42.0 Å². The Morgan fingerprint density at radius 1 is 1.18 bits per heavy atom. The summed E-state index contributed by atoms with van der Waals surface area (Å²) in [5.74, 6) is 2.55. The first-order valence-electron chi connectivity index (χ1n) is 12.5. The number of carbonyl (C=O) groups excluding carboxylic acids is 2. The Bertz CT molecular complexity index is 1040. The number of nitriles is 1. The number of anilines is 1. The standard InChI is InChI=1S/C28H35N3O2/c1-27-13-11-23-21(8-10-24-28(23,2)14-12-26(33)31(24)3)22(27)9-7-19(27)16-25(32)30-20-6-4-5-18(15-20)17-29/h4-6,12,14-15,19,21-24H,7-11,13,16H2,1-3H3,(H,30,32)/t19-,21+,22+,23+,24-,27-,28-/m1/s1. The first-order valence-corrected chi connectivity index (χ1v) is 12.5. The Hall–Kier alpha value is -2.61. The lowest BCUT2D eigenvalue weighted by Crippen LogP contribution is -2.59. The summed E-state index contributed by atoms with van der Waals surface area (Å²) in [6, 6.07) is 9.59. The Morgan fingerprint density at radius 3 is 2.79 bits per heavy atom. The van der Waals surface area contributed by atoms with Gasteiger partial charge < -0.3 is 10.2 Å². The fraction of sp³-hybridized carbons (Fsp3) is 0.607. The molecule has 5 heteroatoms. The molecule has 5 nitrogen and oxygen atoms in total. The van der Waals surface area contributed by atoms with Crippen LogP contribution >= 0.6 is 0 Å². The lowest BCUT2D eigenvalue weighted by Gasteiger charge is -2.60. The van der Waals surface area contributed by atoms with E-state index in [0.717, 1.165) is 19.3 Å². The average molecular weight is 446 g/mol. The van der Waals surface area contributed by atoms with Crippen LogP contribution in [0.2, 0.25) is 0 Å². The molecule has 3 aliphatic carbocycles. The molecule has 0 spiro atoms. The molecule has 1 heterocycles. The number of benzene rings is 1. The zero-order valence-electron chi connectivity index (χ0n) is 20.0. The van der Waals surface area contributed by atoms with Gasteiger partial charge in [-0.05, 0) is 91.9 Å². The van der Waals surface area contributed by atoms with Crippen LogP contribution in [0.1, 0.15) is 64.4 Å². The monoisotopic (exact) mass is 445 g/mol. The highest BCUT2D eigenvalue weighted by atomic mass is 16.2. The van der Waals surface area contributed by atoms with Crippen molar-refractivity contribution >= 4 is 17.5 Å². The summed E-state index contributed by atoms with van der Waals surface area (Å²) < 4.78 is 0. The van der Waals surface area contributed by atoms with E-state index in [1.165, 1.54) is 19.3 Å². The topological polar surface area (TPSA) is 73.2 Å². The fourth-order valence-corrected chi connectivity index (χ4v) is 8.28. The quantitative estimate of drug-likeness (QED) is 0.700. The minimum Gasteiger partial charge on any atom is -0.338 e. The Morgan fingerprint density at radius 2 is 2.00 bits per heavy atom. The molecule has 2 amide bonds. The molecule has 3 fully saturated rings. The van der Waals surface area contributed by atoms with Crippen LogP contribution in [0.4, 0.5) is 5.69 Å². The maximum absolute atomic E-state index is 12.9. The minimum atomic E-state index is 0.0603. The number of hydrogen-bond acceptors (Lipinski definition) is 3. The Balaban J connectivity index is 1.31. The molecule has 0 saturated heterocycles. The number of hydrogen-bond donors (Lipinski definition) is 1. The van der Waals surface area contributed by atoms with Gasteiger partial charge in [0.25, 0.3) is 0 Å². The molecule has 1 aromatic carbocycles. The van der Waals surface area contributed by atoms with E-state index in [1.54, 1.807) is 18.2 Å². The third-order valence-electron chi connectivity index (χ3n) is 10.0. The fourth-order valence-electron chi connectivity index (χ4n) is 8.28. The second kappa shape index (κ2) is 8.01. The van der Waals surface area contributed by atoms with Crippen molar-refractivity contribution in [1.29, 1.82) is 5.26 Å². The van der Waals surface area contributed by atoms with E-state index in [4.69, 9.17) is 5.26 Å². The molecule has 33 heavy (non-hydrogen) atoms. The van der Waals surface area contributed by atoms with Crippen molar-refractivity contribution in [3.63, 3.8) is 0 Å². The van der Waals surface area contributed by atoms with Gasteiger partial charge in [0.05, 0.1) is 11.6 Å². The van der Waals surface area contributed by atoms with Crippen LogP contribution in [0.15, 0.2) is 36.4 Å². The molecule has 174 valence electrons. The summed E-state index contributed by atoms with van der Waals surface area (Å²) in [5, 5.41) is 12.1. The number of carbonyl (C=O) groups is 2. The summed E-state index contributed by atoms with van der Waals surface area (Å²) in [4.78, 5) is 27.2. The Kier molecular flexibility index (Phi) is 5.39. The number of likely N-dealkylation sites (N-methyl/N-ethyl adjacent to an activating group) is 1. The summed E-state index contributed by atoms with van der Waals surface area (Å²) in [6.07, 6.45) is 11.5. The second-order valence-electron chi connectivity index (χ2n) is 11.4. The van der Waals surface area contributed by atoms with Gasteiger partial charge in [0.15, 0.2) is 0 Å². The maximum Gasteiger partial charge on any atom is 0.246 e. The predicted molar refractivity (Wildman–Crippen MR) is 128 cm³/mol. The highest BCUT2D eigenvalue weighted by molar-refractivity contribution is 5.91. The van der Waals surface area contributed by atoms with Crippen molar-refractivity contribution in [1.82, 2.24) is 4.90 Å². The summed E-state index contributed by atoms with van der Waals surface area (Å²) in [7, 11) is 1.97. The van der Waals surface area contributed by atoms with Crippen molar-refractivity contribution in [3.8, 4) is 6.07 Å². The van der Waals surface area contributed by atoms with E-state index in [1.807, 2.05) is 24.1 Å². The van der Waals surface area contributed by atoms with Crippen LogP contribution in [0.3, 0.4) is 0 Å². The third-order valence-corrected chi connectivity index (χ3v) is 10.0. The van der Waals surface area contributed by atoms with Crippen LogP contribution in [-0.4, -0.2) is 29.8 Å². The molecule has 0 aromatic heterocycles. The van der Waals surface area contributed by atoms with Crippen molar-refractivity contribution in [2.45, 2.75) is 64.8 Å². The number of amides is 2. The summed E-state index contributed by atoms with van der Waals surface area (Å²) in [6.45, 7) is 4.82. The number of fused-ring (bicyclic) bond motifs is 5. The largest absolute Gasteiger partial charge is 0.338 e. The van der Waals surface area contributed by atoms with Crippen molar-refractivity contribution < 1.29 is 9.59 Å². The summed E-state index contributed by atoms with van der Waals surface area (Å²) in [5.41, 5.74) is 1.54. The van der Waals surface area contributed by atoms with Gasteiger partial charge in [-0.25, -0.2) is 0 Å². The van der Waals surface area contributed by atoms with Gasteiger partial charge in [0, 0.05) is 30.6 Å². The molecule has 4 aliphatic rings. The molecule has 0 radical (unpaired) electrons. The van der Waals surface area contributed by atoms with Gasteiger partial charge in [0.1, 0.15) is 0 Å². The molecular formula is C28H35N3O2. The van der Waals surface area contributed by atoms with Crippen molar-refractivity contribution in [2.24, 2.45) is 34.5 Å². The minimum absolute atomic E-state index is 0.0603. The third kappa shape index (κ3) is 3.50. The smallest absolute Gasteiger partial charge is 0.246 e. The first kappa shape index (κ1) is 22.2. The maximum atomic E-state index is 12.9. The normalized spacial score (nSPS) is 39.3. The van der Waals surface area contributed by atoms with E-state index < -0.39 is 0 Å². The first-order chi connectivity index (χ1) is 15.8. The number of nitrogens with zero attached hydrogens (tertiary/aromatic N) is 2. The van der Waals surface area contributed by atoms with Crippen molar-refractivity contribution in [2.75, 3.05) is 12.4 Å². The highest BCUT2D eigenvalue weighted by Gasteiger charge is 2.60. The molecule has 7 atom stereocenters. The average Bonchev–Trinajstić information content (AvgIpc) is 3.13. The molecule has 3 saturated carbocycles. The zero-order valence-corrected chi connectivity index (χ0v) is 20.0. The van der Waals surface area contributed by atoms with Gasteiger partial charge in [-0.15, -0.1) is 0 Å². The second-order valence-corrected chi connectivity index (χ2v) is 11.4. The van der Waals surface area contributed by atoms with Crippen LogP contribution in [0.5, 0.6) is 0 Å². The van der Waals surface area contributed by atoms with E-state index >= 15 is 0 Å². The highest BCUT2D eigenvalue weighted by Crippen LogP contribution is 2.65. The van der Waals surface area contributed by atoms with Gasteiger partial charge >= 0.3 is 0 Å². The van der Waals surface area contributed by atoms with Gasteiger partial charge in [-0.2, -0.15) is 5.26 Å². The number of nitrogens with one attached hydrogen (secondary N) is 1. The lowest BCUT2D eigenvalue weighted by molar-refractivity contribution is -0.139. The van der Waals surface area contributed by atoms with Crippen LogP contribution in [-0.2, 0) is 9.59 Å². The van der Waals surface area contributed by atoms with Crippen LogP contribution in [0, 0.1) is 45.8 Å². The molecule has 1 aliphatic heterocycles. The summed E-state index contributed by atoms with van der Waals surface area (Å²) >= 11 is 0. The van der Waals surface area contributed by atoms with Gasteiger partial charge in [-0.1, -0.05) is 26.0 Å². The zero-order chi connectivity index (χ0) is 23.4. The van der Waals surface area contributed by atoms with Gasteiger partial charge in [-0.3, -0.25) is 9.59 Å². The molecular weight excluding hydrogens is 410 g/mol. The SMILES string of the molecule is CN1C(=O)C=C[C@]2(C)[C@H]3CC[C@]4(C)[C@@H](CC(=O)Nc5cccc(C#N)c5)CC[C@H]4[C@@H]3CC[C@@H]12. The molecule has 1 aromatic rings.